The highest BCUT2D eigenvalue weighted by Crippen LogP contribution is 2.26. The number of rotatable bonds is 4. The minimum atomic E-state index is -0.106. The molecule has 126 valence electrons. The van der Waals surface area contributed by atoms with Crippen molar-refractivity contribution < 1.29 is 14.3 Å². The highest BCUT2D eigenvalue weighted by Gasteiger charge is 2.29. The van der Waals surface area contributed by atoms with E-state index in [-0.39, 0.29) is 23.9 Å². The minimum absolute atomic E-state index is 0.0147. The Kier molecular flexibility index (Phi) is 5.37. The number of morpholine rings is 1. The Hall–Kier alpha value is -2.05. The monoisotopic (exact) mass is 344 g/mol. The number of carbonyl (C=O) groups is 1. The molecule has 0 radical (unpaired) electrons. The molecule has 1 aliphatic rings. The van der Waals surface area contributed by atoms with Crippen LogP contribution < -0.4 is 4.73 Å². The molecule has 0 spiro atoms. The second-order valence-corrected chi connectivity index (χ2v) is 6.79. The van der Waals surface area contributed by atoms with Gasteiger partial charge in [-0.05, 0) is 30.3 Å². The van der Waals surface area contributed by atoms with E-state index in [1.165, 1.54) is 18.0 Å². The molecule has 2 aromatic rings. The summed E-state index contributed by atoms with van der Waals surface area (Å²) >= 11 is 1.27. The molecule has 0 unspecified atom stereocenters. The van der Waals surface area contributed by atoms with E-state index >= 15 is 0 Å². The Morgan fingerprint density at radius 3 is 2.75 bits per heavy atom. The first-order chi connectivity index (χ1) is 11.6. The predicted octanol–water partition coefficient (Wildman–Crippen LogP) is 2.40. The van der Waals surface area contributed by atoms with Crippen LogP contribution in [-0.4, -0.2) is 35.8 Å². The van der Waals surface area contributed by atoms with Gasteiger partial charge >= 0.3 is 0 Å². The van der Waals surface area contributed by atoms with Gasteiger partial charge < -0.3 is 14.8 Å². The summed E-state index contributed by atoms with van der Waals surface area (Å²) in [5.74, 6) is 0.278. The van der Waals surface area contributed by atoms with E-state index in [4.69, 9.17) is 4.74 Å². The number of ether oxygens (including phenoxy) is 1. The normalized spacial score (nSPS) is 20.8. The van der Waals surface area contributed by atoms with Gasteiger partial charge in [0.2, 0.25) is 5.91 Å². The Morgan fingerprint density at radius 2 is 2.00 bits per heavy atom. The molecule has 6 heteroatoms. The number of amides is 1. The van der Waals surface area contributed by atoms with Gasteiger partial charge in [-0.3, -0.25) is 4.79 Å². The highest BCUT2D eigenvalue weighted by molar-refractivity contribution is 7.99. The lowest BCUT2D eigenvalue weighted by Gasteiger charge is -2.37. The second-order valence-electron chi connectivity index (χ2n) is 5.80. The van der Waals surface area contributed by atoms with Crippen molar-refractivity contribution in [1.82, 2.24) is 4.90 Å². The van der Waals surface area contributed by atoms with E-state index in [1.807, 2.05) is 42.2 Å². The van der Waals surface area contributed by atoms with Crippen LogP contribution in [0.4, 0.5) is 0 Å². The predicted molar refractivity (Wildman–Crippen MR) is 92.4 cm³/mol. The lowest BCUT2D eigenvalue weighted by Crippen LogP contribution is -2.46. The molecule has 2 atom stereocenters. The molecule has 5 nitrogen and oxygen atoms in total. The fourth-order valence-corrected chi connectivity index (χ4v) is 3.58. The van der Waals surface area contributed by atoms with Crippen LogP contribution in [0.15, 0.2) is 59.8 Å². The van der Waals surface area contributed by atoms with Crippen molar-refractivity contribution in [2.45, 2.75) is 24.2 Å². The molecule has 2 heterocycles. The number of hydrogen-bond donors (Lipinski definition) is 0. The average Bonchev–Trinajstić information content (AvgIpc) is 2.61. The van der Waals surface area contributed by atoms with E-state index in [9.17, 15) is 10.0 Å². The fraction of sp³-hybridized carbons (Fsp3) is 0.333. The van der Waals surface area contributed by atoms with Crippen molar-refractivity contribution in [3.05, 3.63) is 65.5 Å². The van der Waals surface area contributed by atoms with E-state index in [2.05, 4.69) is 0 Å². The van der Waals surface area contributed by atoms with E-state index in [0.717, 1.165) is 10.3 Å². The van der Waals surface area contributed by atoms with Gasteiger partial charge in [-0.25, -0.2) is 0 Å². The summed E-state index contributed by atoms with van der Waals surface area (Å²) in [6.45, 7) is 3.10. The van der Waals surface area contributed by atoms with Crippen molar-refractivity contribution >= 4 is 17.7 Å². The van der Waals surface area contributed by atoms with Gasteiger partial charge in [-0.2, -0.15) is 4.73 Å². The molecule has 1 aliphatic heterocycles. The molecule has 1 saturated heterocycles. The first-order valence-electron chi connectivity index (χ1n) is 7.92. The molecular formula is C18H20N2O3S. The Labute approximate surface area is 145 Å². The first-order valence-corrected chi connectivity index (χ1v) is 8.91. The summed E-state index contributed by atoms with van der Waals surface area (Å²) < 4.78 is 6.76. The molecule has 24 heavy (non-hydrogen) atoms. The smallest absolute Gasteiger partial charge is 0.251 e. The van der Waals surface area contributed by atoms with Crippen LogP contribution in [0.25, 0.3) is 0 Å². The SMILES string of the molecule is C[C@H]1CN(C(=O)CSc2cccc[n+]2[O-])C[C@H](c2ccccc2)O1. The average molecular weight is 344 g/mol. The lowest BCUT2D eigenvalue weighted by atomic mass is 10.1. The van der Waals surface area contributed by atoms with Gasteiger partial charge in [0.15, 0.2) is 6.20 Å². The minimum Gasteiger partial charge on any atom is -0.618 e. The maximum atomic E-state index is 12.5. The Balaban J connectivity index is 1.63. The molecule has 1 amide bonds. The number of hydrogen-bond acceptors (Lipinski definition) is 4. The molecule has 0 N–H and O–H groups in total. The van der Waals surface area contributed by atoms with Gasteiger partial charge in [0.05, 0.1) is 18.4 Å². The molecule has 1 aromatic carbocycles. The number of carbonyl (C=O) groups excluding carboxylic acids is 1. The van der Waals surface area contributed by atoms with Gasteiger partial charge in [0, 0.05) is 18.7 Å². The topological polar surface area (TPSA) is 56.5 Å². The Bertz CT molecular complexity index is 696. The third kappa shape index (κ3) is 4.07. The van der Waals surface area contributed by atoms with Crippen molar-refractivity contribution in [2.24, 2.45) is 0 Å². The fourth-order valence-electron chi connectivity index (χ4n) is 2.76. The zero-order chi connectivity index (χ0) is 16.9. The highest BCUT2D eigenvalue weighted by atomic mass is 32.2. The van der Waals surface area contributed by atoms with Crippen LogP contribution >= 0.6 is 11.8 Å². The number of thioether (sulfide) groups is 1. The summed E-state index contributed by atoms with van der Waals surface area (Å²) in [6.07, 6.45) is 1.32. The van der Waals surface area contributed by atoms with Crippen molar-refractivity contribution in [3.8, 4) is 0 Å². The third-order valence-electron chi connectivity index (χ3n) is 3.92. The summed E-state index contributed by atoms with van der Waals surface area (Å²) in [7, 11) is 0. The van der Waals surface area contributed by atoms with E-state index in [1.54, 1.807) is 18.2 Å². The Morgan fingerprint density at radius 1 is 1.25 bits per heavy atom. The zero-order valence-corrected chi connectivity index (χ0v) is 14.3. The van der Waals surface area contributed by atoms with Gasteiger partial charge in [0.25, 0.3) is 5.03 Å². The van der Waals surface area contributed by atoms with Crippen LogP contribution in [0.2, 0.25) is 0 Å². The summed E-state index contributed by atoms with van der Waals surface area (Å²) in [5, 5.41) is 12.2. The van der Waals surface area contributed by atoms with Crippen molar-refractivity contribution in [3.63, 3.8) is 0 Å². The summed E-state index contributed by atoms with van der Waals surface area (Å²) in [5.41, 5.74) is 1.08. The third-order valence-corrected chi connectivity index (χ3v) is 4.92. The molecule has 0 saturated carbocycles. The van der Waals surface area contributed by atoms with Crippen LogP contribution in [0.5, 0.6) is 0 Å². The second kappa shape index (κ2) is 7.68. The molecule has 1 aromatic heterocycles. The van der Waals surface area contributed by atoms with E-state index in [0.29, 0.717) is 18.1 Å². The van der Waals surface area contributed by atoms with Crippen LogP contribution in [0.1, 0.15) is 18.6 Å². The lowest BCUT2D eigenvalue weighted by molar-refractivity contribution is -0.645. The largest absolute Gasteiger partial charge is 0.618 e. The van der Waals surface area contributed by atoms with Crippen molar-refractivity contribution in [1.29, 1.82) is 0 Å². The molecule has 0 aliphatic carbocycles. The molecule has 3 rings (SSSR count). The van der Waals surface area contributed by atoms with Crippen molar-refractivity contribution in [2.75, 3.05) is 18.8 Å². The maximum Gasteiger partial charge on any atom is 0.251 e. The first kappa shape index (κ1) is 16.8. The van der Waals surface area contributed by atoms with Gasteiger partial charge in [-0.15, -0.1) is 0 Å². The van der Waals surface area contributed by atoms with Gasteiger partial charge in [0.1, 0.15) is 6.10 Å². The zero-order valence-electron chi connectivity index (χ0n) is 13.5. The standard InChI is InChI=1S/C18H20N2O3S/c1-14-11-19(12-16(23-14)15-7-3-2-4-8-15)17(21)13-24-18-9-5-6-10-20(18)22/h2-10,14,16H,11-13H2,1H3/t14-,16+/m0/s1. The number of benzene rings is 1. The van der Waals surface area contributed by atoms with Crippen LogP contribution in [0, 0.1) is 5.21 Å². The quantitative estimate of drug-likeness (QED) is 0.485. The van der Waals surface area contributed by atoms with Crippen LogP contribution in [-0.2, 0) is 9.53 Å². The summed E-state index contributed by atoms with van der Waals surface area (Å²) in [4.78, 5) is 14.4. The number of pyridine rings is 1. The molecule has 1 fully saturated rings. The number of nitrogens with zero attached hydrogens (tertiary/aromatic N) is 2. The maximum absolute atomic E-state index is 12.5. The molecular weight excluding hydrogens is 324 g/mol. The molecule has 0 bridgehead atoms. The summed E-state index contributed by atoms with van der Waals surface area (Å²) in [6, 6.07) is 15.1. The van der Waals surface area contributed by atoms with E-state index < -0.39 is 0 Å². The number of aromatic nitrogens is 1. The van der Waals surface area contributed by atoms with Crippen LogP contribution in [0.3, 0.4) is 0 Å². The van der Waals surface area contributed by atoms with Gasteiger partial charge in [-0.1, -0.05) is 30.3 Å².